The van der Waals surface area contributed by atoms with E-state index in [1.807, 2.05) is 12.4 Å². The summed E-state index contributed by atoms with van der Waals surface area (Å²) in [6.45, 7) is 4.42. The molecule has 1 aromatic carbocycles. The molecule has 0 unspecified atom stereocenters. The van der Waals surface area contributed by atoms with Crippen LogP contribution in [0, 0.1) is 17.7 Å². The molecule has 1 aromatic heterocycles. The van der Waals surface area contributed by atoms with Crippen LogP contribution in [-0.4, -0.2) is 15.9 Å². The molecule has 5 heteroatoms. The van der Waals surface area contributed by atoms with E-state index in [9.17, 15) is 9.18 Å². The molecule has 33 heavy (non-hydrogen) atoms. The molecule has 1 fully saturated rings. The predicted octanol–water partition coefficient (Wildman–Crippen LogP) is 7.70. The maximum absolute atomic E-state index is 14.7. The van der Waals surface area contributed by atoms with Crippen LogP contribution in [0.25, 0.3) is 11.4 Å². The van der Waals surface area contributed by atoms with Gasteiger partial charge in [-0.1, -0.05) is 58.8 Å². The number of carbonyl (C=O) groups excluding carboxylic acids is 1. The fraction of sp³-hybridized carbons (Fsp3) is 0.607. The fourth-order valence-electron chi connectivity index (χ4n) is 4.75. The highest BCUT2D eigenvalue weighted by atomic mass is 19.1. The number of hydrogen-bond donors (Lipinski definition) is 0. The molecule has 180 valence electrons. The average molecular weight is 455 g/mol. The summed E-state index contributed by atoms with van der Waals surface area (Å²) in [5, 5.41) is 0. The van der Waals surface area contributed by atoms with Crippen molar-refractivity contribution in [1.82, 2.24) is 9.97 Å². The molecule has 0 bridgehead atoms. The molecule has 0 amide bonds. The number of aromatic nitrogens is 2. The molecule has 3 rings (SSSR count). The number of aryl methyl sites for hydroxylation is 1. The maximum Gasteiger partial charge on any atom is 0.314 e. The van der Waals surface area contributed by atoms with Gasteiger partial charge in [0.15, 0.2) is 17.4 Å². The van der Waals surface area contributed by atoms with Gasteiger partial charge in [-0.2, -0.15) is 0 Å². The smallest absolute Gasteiger partial charge is 0.314 e. The fourth-order valence-corrected chi connectivity index (χ4v) is 4.75. The van der Waals surface area contributed by atoms with Crippen LogP contribution < -0.4 is 4.74 Å². The standard InChI is InChI=1S/C28H39FN2O2/c1-3-5-6-7-8-9-11-22-19-30-27(31-20-22)24-16-17-26(25(29)18-24)33-28(32)23-14-12-21(10-4-2)13-15-23/h16-21,23H,3-15H2,1-2H3. The first-order valence-electron chi connectivity index (χ1n) is 12.9. The SMILES string of the molecule is CCCCCCCCc1cnc(-c2ccc(OC(=O)C3CCC(CCC)CC3)c(F)c2)nc1. The second kappa shape index (κ2) is 13.4. The Morgan fingerprint density at radius 3 is 2.33 bits per heavy atom. The van der Waals surface area contributed by atoms with Gasteiger partial charge in [-0.25, -0.2) is 14.4 Å². The molecule has 0 saturated heterocycles. The van der Waals surface area contributed by atoms with Crippen molar-refractivity contribution in [1.29, 1.82) is 0 Å². The van der Waals surface area contributed by atoms with Crippen molar-refractivity contribution in [3.8, 4) is 17.1 Å². The van der Waals surface area contributed by atoms with Gasteiger partial charge >= 0.3 is 5.97 Å². The molecule has 0 spiro atoms. The van der Waals surface area contributed by atoms with Crippen LogP contribution in [0.2, 0.25) is 0 Å². The van der Waals surface area contributed by atoms with Gasteiger partial charge in [-0.3, -0.25) is 4.79 Å². The van der Waals surface area contributed by atoms with Crippen LogP contribution in [0.15, 0.2) is 30.6 Å². The van der Waals surface area contributed by atoms with E-state index in [4.69, 9.17) is 4.74 Å². The van der Waals surface area contributed by atoms with E-state index < -0.39 is 5.82 Å². The topological polar surface area (TPSA) is 52.1 Å². The van der Waals surface area contributed by atoms with Gasteiger partial charge in [0.1, 0.15) is 0 Å². The van der Waals surface area contributed by atoms with Crippen molar-refractivity contribution in [3.63, 3.8) is 0 Å². The van der Waals surface area contributed by atoms with Gasteiger partial charge in [0, 0.05) is 18.0 Å². The van der Waals surface area contributed by atoms with E-state index in [1.165, 1.54) is 57.1 Å². The first-order valence-corrected chi connectivity index (χ1v) is 12.9. The summed E-state index contributed by atoms with van der Waals surface area (Å²) in [5.74, 6) is 0.186. The van der Waals surface area contributed by atoms with Gasteiger partial charge in [0.2, 0.25) is 0 Å². The van der Waals surface area contributed by atoms with Crippen molar-refractivity contribution in [3.05, 3.63) is 42.0 Å². The van der Waals surface area contributed by atoms with Crippen molar-refractivity contribution in [2.75, 3.05) is 0 Å². The first-order chi connectivity index (χ1) is 16.1. The molecule has 2 aromatic rings. The molecule has 1 heterocycles. The molecule has 0 aliphatic heterocycles. The van der Waals surface area contributed by atoms with Gasteiger partial charge in [0.05, 0.1) is 5.92 Å². The zero-order valence-corrected chi connectivity index (χ0v) is 20.3. The highest BCUT2D eigenvalue weighted by Crippen LogP contribution is 2.33. The normalized spacial score (nSPS) is 18.3. The zero-order valence-electron chi connectivity index (χ0n) is 20.3. The quantitative estimate of drug-likeness (QED) is 0.187. The Morgan fingerprint density at radius 2 is 1.67 bits per heavy atom. The molecule has 1 aliphatic carbocycles. The number of hydrogen-bond acceptors (Lipinski definition) is 4. The van der Waals surface area contributed by atoms with Crippen molar-refractivity contribution in [2.24, 2.45) is 11.8 Å². The summed E-state index contributed by atoms with van der Waals surface area (Å²) in [5.41, 5.74) is 1.69. The second-order valence-electron chi connectivity index (χ2n) is 9.51. The number of esters is 1. The van der Waals surface area contributed by atoms with E-state index in [1.54, 1.807) is 6.07 Å². The van der Waals surface area contributed by atoms with Crippen LogP contribution >= 0.6 is 0 Å². The summed E-state index contributed by atoms with van der Waals surface area (Å²) >= 11 is 0. The highest BCUT2D eigenvalue weighted by Gasteiger charge is 2.28. The predicted molar refractivity (Wildman–Crippen MR) is 130 cm³/mol. The van der Waals surface area contributed by atoms with E-state index in [2.05, 4.69) is 23.8 Å². The Hall–Kier alpha value is -2.30. The van der Waals surface area contributed by atoms with Crippen LogP contribution in [0.3, 0.4) is 0 Å². The summed E-state index contributed by atoms with van der Waals surface area (Å²) in [6.07, 6.45) is 18.3. The average Bonchev–Trinajstić information content (AvgIpc) is 2.83. The third-order valence-electron chi connectivity index (χ3n) is 6.80. The lowest BCUT2D eigenvalue weighted by Crippen LogP contribution is -2.26. The molecule has 0 N–H and O–H groups in total. The minimum atomic E-state index is -0.555. The third kappa shape index (κ3) is 7.90. The van der Waals surface area contributed by atoms with Crippen molar-refractivity contribution in [2.45, 2.75) is 97.3 Å². The number of nitrogens with zero attached hydrogens (tertiary/aromatic N) is 2. The number of halogens is 1. The number of ether oxygens (including phenoxy) is 1. The summed E-state index contributed by atoms with van der Waals surface area (Å²) in [6, 6.07) is 4.58. The van der Waals surface area contributed by atoms with E-state index in [-0.39, 0.29) is 17.6 Å². The Bertz CT molecular complexity index is 861. The number of carbonyl (C=O) groups is 1. The molecule has 0 atom stereocenters. The lowest BCUT2D eigenvalue weighted by atomic mass is 9.80. The van der Waals surface area contributed by atoms with Gasteiger partial charge in [-0.15, -0.1) is 0 Å². The van der Waals surface area contributed by atoms with Gasteiger partial charge < -0.3 is 4.74 Å². The number of benzene rings is 1. The monoisotopic (exact) mass is 454 g/mol. The van der Waals surface area contributed by atoms with Crippen LogP contribution in [0.5, 0.6) is 5.75 Å². The van der Waals surface area contributed by atoms with Crippen molar-refractivity contribution < 1.29 is 13.9 Å². The number of rotatable bonds is 12. The highest BCUT2D eigenvalue weighted by molar-refractivity contribution is 5.75. The van der Waals surface area contributed by atoms with Crippen molar-refractivity contribution >= 4 is 5.97 Å². The third-order valence-corrected chi connectivity index (χ3v) is 6.80. The summed E-state index contributed by atoms with van der Waals surface area (Å²) in [4.78, 5) is 21.4. The van der Waals surface area contributed by atoms with Crippen LogP contribution in [0.4, 0.5) is 4.39 Å². The Kier molecular flexibility index (Phi) is 10.3. The second-order valence-corrected chi connectivity index (χ2v) is 9.51. The van der Waals surface area contributed by atoms with Gasteiger partial charge in [0.25, 0.3) is 0 Å². The van der Waals surface area contributed by atoms with E-state index in [0.29, 0.717) is 17.3 Å². The Morgan fingerprint density at radius 1 is 0.970 bits per heavy atom. The molecule has 4 nitrogen and oxygen atoms in total. The lowest BCUT2D eigenvalue weighted by Gasteiger charge is -2.26. The van der Waals surface area contributed by atoms with E-state index >= 15 is 0 Å². The van der Waals surface area contributed by atoms with Crippen LogP contribution in [-0.2, 0) is 11.2 Å². The van der Waals surface area contributed by atoms with E-state index in [0.717, 1.165) is 44.1 Å². The van der Waals surface area contributed by atoms with Gasteiger partial charge in [-0.05, 0) is 68.2 Å². The van der Waals surface area contributed by atoms with Crippen LogP contribution in [0.1, 0.15) is 96.5 Å². The summed E-state index contributed by atoms with van der Waals surface area (Å²) < 4.78 is 20.1. The largest absolute Gasteiger partial charge is 0.423 e. The Balaban J connectivity index is 1.50. The molecule has 1 aliphatic rings. The molecule has 0 radical (unpaired) electrons. The summed E-state index contributed by atoms with van der Waals surface area (Å²) in [7, 11) is 0. The Labute approximate surface area is 198 Å². The first kappa shape index (κ1) is 25.3. The molecular weight excluding hydrogens is 415 g/mol. The molecule has 1 saturated carbocycles. The lowest BCUT2D eigenvalue weighted by molar-refractivity contribution is -0.140. The maximum atomic E-state index is 14.7. The number of unbranched alkanes of at least 4 members (excludes halogenated alkanes) is 5. The zero-order chi connectivity index (χ0) is 23.5. The minimum Gasteiger partial charge on any atom is -0.423 e. The molecular formula is C28H39FN2O2. The minimum absolute atomic E-state index is 0.0147.